The maximum absolute atomic E-state index is 5.16. The molecule has 0 saturated carbocycles. The van der Waals surface area contributed by atoms with E-state index in [1.165, 1.54) is 17.9 Å². The molecule has 0 N–H and O–H groups in total. The first kappa shape index (κ1) is 13.6. The van der Waals surface area contributed by atoms with E-state index in [4.69, 9.17) is 4.74 Å². The lowest BCUT2D eigenvalue weighted by Gasteiger charge is -2.01. The molecule has 2 aliphatic heterocycles. The largest absolute Gasteiger partial charge is 0.479 e. The van der Waals surface area contributed by atoms with Crippen LogP contribution in [0.25, 0.3) is 0 Å². The third-order valence-corrected chi connectivity index (χ3v) is 3.15. The van der Waals surface area contributed by atoms with Crippen molar-refractivity contribution in [2.75, 3.05) is 18.9 Å². The van der Waals surface area contributed by atoms with Gasteiger partial charge >= 0.3 is 0 Å². The summed E-state index contributed by atoms with van der Waals surface area (Å²) in [6, 6.07) is 0. The van der Waals surface area contributed by atoms with Gasteiger partial charge in [0.05, 0.1) is 6.54 Å². The molecular weight excluding hydrogens is 220 g/mol. The Hall–Kier alpha value is -0.510. The molecule has 0 spiro atoms. The topological polar surface area (TPSA) is 34.0 Å². The van der Waals surface area contributed by atoms with Crippen molar-refractivity contribution in [2.24, 2.45) is 21.2 Å². The summed E-state index contributed by atoms with van der Waals surface area (Å²) < 4.78 is 9.43. The van der Waals surface area contributed by atoms with Crippen LogP contribution in [0, 0.1) is 11.8 Å². The summed E-state index contributed by atoms with van der Waals surface area (Å²) in [4.78, 5) is 4.13. The molecule has 2 aliphatic rings. The highest BCUT2D eigenvalue weighted by Gasteiger charge is 2.10. The zero-order chi connectivity index (χ0) is 12.0. The van der Waals surface area contributed by atoms with Gasteiger partial charge in [-0.05, 0) is 24.3 Å². The molecule has 2 rings (SSSR count). The number of ether oxygens (including phenoxy) is 1. The van der Waals surface area contributed by atoms with E-state index in [-0.39, 0.29) is 0 Å². The molecule has 0 aromatic carbocycles. The van der Waals surface area contributed by atoms with Crippen molar-refractivity contribution < 1.29 is 4.74 Å². The Labute approximate surface area is 103 Å². The molecule has 0 bridgehead atoms. The van der Waals surface area contributed by atoms with E-state index < -0.39 is 0 Å². The van der Waals surface area contributed by atoms with Crippen LogP contribution in [0.5, 0.6) is 0 Å². The van der Waals surface area contributed by atoms with Crippen LogP contribution < -0.4 is 0 Å². The molecule has 3 nitrogen and oxygen atoms in total. The molecule has 0 amide bonds. The van der Waals surface area contributed by atoms with Crippen molar-refractivity contribution in [1.82, 2.24) is 0 Å². The van der Waals surface area contributed by atoms with Gasteiger partial charge in [-0.3, -0.25) is 4.99 Å². The van der Waals surface area contributed by atoms with Gasteiger partial charge in [0.25, 0.3) is 0 Å². The molecule has 0 radical (unpaired) electrons. The number of rotatable bonds is 2. The average molecular weight is 242 g/mol. The molecule has 2 heterocycles. The SMILES string of the molecule is CC(C)C1=NCCO1.CC(C)C1=NSCC1. The molecule has 0 unspecified atom stereocenters. The number of hydrogen-bond acceptors (Lipinski definition) is 4. The first-order valence-electron chi connectivity index (χ1n) is 5.97. The normalized spacial score (nSPS) is 19.1. The quantitative estimate of drug-likeness (QED) is 0.697. The third-order valence-electron chi connectivity index (χ3n) is 2.40. The maximum Gasteiger partial charge on any atom is 0.186 e. The molecule has 16 heavy (non-hydrogen) atoms. The molecule has 0 atom stereocenters. The summed E-state index contributed by atoms with van der Waals surface area (Å²) in [6.45, 7) is 10.2. The van der Waals surface area contributed by atoms with Crippen LogP contribution >= 0.6 is 11.9 Å². The van der Waals surface area contributed by atoms with Crippen molar-refractivity contribution in [1.29, 1.82) is 0 Å². The Balaban J connectivity index is 0.000000160. The molecule has 0 saturated heterocycles. The Morgan fingerprint density at radius 1 is 1.19 bits per heavy atom. The summed E-state index contributed by atoms with van der Waals surface area (Å²) in [5, 5.41) is 0. The van der Waals surface area contributed by atoms with Crippen molar-refractivity contribution in [3.63, 3.8) is 0 Å². The minimum atomic E-state index is 0.470. The van der Waals surface area contributed by atoms with Crippen molar-refractivity contribution >= 4 is 23.6 Å². The van der Waals surface area contributed by atoms with Crippen LogP contribution in [0.1, 0.15) is 34.1 Å². The molecule has 0 aromatic heterocycles. The Morgan fingerprint density at radius 3 is 2.19 bits per heavy atom. The van der Waals surface area contributed by atoms with E-state index >= 15 is 0 Å². The minimum Gasteiger partial charge on any atom is -0.479 e. The molecule has 4 heteroatoms. The molecular formula is C12H22N2OS. The lowest BCUT2D eigenvalue weighted by molar-refractivity contribution is 0.328. The van der Waals surface area contributed by atoms with Crippen LogP contribution in [0.4, 0.5) is 0 Å². The Bertz CT molecular complexity index is 244. The van der Waals surface area contributed by atoms with Crippen LogP contribution in [0.15, 0.2) is 9.39 Å². The second kappa shape index (κ2) is 6.94. The van der Waals surface area contributed by atoms with Gasteiger partial charge in [-0.1, -0.05) is 27.7 Å². The standard InChI is InChI=1S/C6H11NO.C6H11NS/c1-5(2)6-7-3-4-8-6;1-5(2)6-3-4-8-7-6/h2*5H,3-4H2,1-2H3. The molecule has 0 aliphatic carbocycles. The van der Waals surface area contributed by atoms with Gasteiger partial charge in [-0.15, -0.1) is 0 Å². The highest BCUT2D eigenvalue weighted by Crippen LogP contribution is 2.18. The van der Waals surface area contributed by atoms with Gasteiger partial charge in [0, 0.05) is 17.4 Å². The third kappa shape index (κ3) is 4.56. The predicted octanol–water partition coefficient (Wildman–Crippen LogP) is 3.21. The fourth-order valence-electron chi connectivity index (χ4n) is 1.42. The van der Waals surface area contributed by atoms with Crippen LogP contribution in [-0.2, 0) is 4.74 Å². The van der Waals surface area contributed by atoms with Crippen molar-refractivity contribution in [3.05, 3.63) is 0 Å². The van der Waals surface area contributed by atoms with Gasteiger partial charge in [0.15, 0.2) is 5.90 Å². The second-order valence-electron chi connectivity index (χ2n) is 4.54. The number of aliphatic imine (C=N–C) groups is 1. The van der Waals surface area contributed by atoms with Gasteiger partial charge in [-0.2, -0.15) is 0 Å². The van der Waals surface area contributed by atoms with E-state index in [1.54, 1.807) is 11.9 Å². The molecule has 92 valence electrons. The van der Waals surface area contributed by atoms with Crippen LogP contribution in [0.3, 0.4) is 0 Å². The van der Waals surface area contributed by atoms with Gasteiger partial charge in [0.2, 0.25) is 0 Å². The molecule has 0 fully saturated rings. The van der Waals surface area contributed by atoms with E-state index in [2.05, 4.69) is 37.1 Å². The summed E-state index contributed by atoms with van der Waals surface area (Å²) in [5.74, 6) is 3.26. The second-order valence-corrected chi connectivity index (χ2v) is 5.39. The van der Waals surface area contributed by atoms with Gasteiger partial charge in [0.1, 0.15) is 6.61 Å². The van der Waals surface area contributed by atoms with Crippen molar-refractivity contribution in [2.45, 2.75) is 34.1 Å². The fraction of sp³-hybridized carbons (Fsp3) is 0.833. The number of hydrogen-bond donors (Lipinski definition) is 0. The zero-order valence-electron chi connectivity index (χ0n) is 10.7. The van der Waals surface area contributed by atoms with Crippen molar-refractivity contribution in [3.8, 4) is 0 Å². The summed E-state index contributed by atoms with van der Waals surface area (Å²) in [6.07, 6.45) is 1.21. The maximum atomic E-state index is 5.16. The zero-order valence-corrected chi connectivity index (χ0v) is 11.5. The molecule has 0 aromatic rings. The Kier molecular flexibility index (Phi) is 5.88. The van der Waals surface area contributed by atoms with E-state index in [9.17, 15) is 0 Å². The Morgan fingerprint density at radius 2 is 1.94 bits per heavy atom. The van der Waals surface area contributed by atoms with Crippen LogP contribution in [0.2, 0.25) is 0 Å². The van der Waals surface area contributed by atoms with E-state index in [0.29, 0.717) is 11.8 Å². The van der Waals surface area contributed by atoms with E-state index in [1.807, 2.05) is 0 Å². The highest BCUT2D eigenvalue weighted by molar-refractivity contribution is 7.98. The lowest BCUT2D eigenvalue weighted by atomic mass is 10.1. The average Bonchev–Trinajstić information content (AvgIpc) is 2.93. The summed E-state index contributed by atoms with van der Waals surface area (Å²) in [7, 11) is 0. The minimum absolute atomic E-state index is 0.470. The monoisotopic (exact) mass is 242 g/mol. The van der Waals surface area contributed by atoms with Gasteiger partial charge in [-0.25, -0.2) is 4.40 Å². The fourth-order valence-corrected chi connectivity index (χ4v) is 2.28. The number of nitrogens with zero attached hydrogens (tertiary/aromatic N) is 2. The lowest BCUT2D eigenvalue weighted by Crippen LogP contribution is -2.06. The van der Waals surface area contributed by atoms with E-state index in [0.717, 1.165) is 19.0 Å². The summed E-state index contributed by atoms with van der Waals surface area (Å²) in [5.41, 5.74) is 1.38. The summed E-state index contributed by atoms with van der Waals surface area (Å²) >= 11 is 1.70. The first-order chi connectivity index (χ1) is 7.61. The highest BCUT2D eigenvalue weighted by atomic mass is 32.2. The first-order valence-corrected chi connectivity index (χ1v) is 6.91. The predicted molar refractivity (Wildman–Crippen MR) is 72.4 cm³/mol. The van der Waals surface area contributed by atoms with Crippen LogP contribution in [-0.4, -0.2) is 30.5 Å². The van der Waals surface area contributed by atoms with Gasteiger partial charge < -0.3 is 4.74 Å². The smallest absolute Gasteiger partial charge is 0.186 e.